The molecule has 0 spiro atoms. The summed E-state index contributed by atoms with van der Waals surface area (Å²) in [4.78, 5) is 22.2. The Labute approximate surface area is 215 Å². The zero-order valence-corrected chi connectivity index (χ0v) is 20.9. The van der Waals surface area contributed by atoms with Crippen LogP contribution in [0.1, 0.15) is 36.1 Å². The minimum Gasteiger partial charge on any atom is -0.479 e. The minimum absolute atomic E-state index is 0.0721. The Morgan fingerprint density at radius 2 is 1.86 bits per heavy atom. The van der Waals surface area contributed by atoms with Crippen LogP contribution in [0.3, 0.4) is 0 Å². The number of hydrogen-bond donors (Lipinski definition) is 1. The first-order valence-electron chi connectivity index (χ1n) is 10.8. The van der Waals surface area contributed by atoms with E-state index in [2.05, 4.69) is 22.1 Å². The molecule has 3 aromatic rings. The second-order valence-electron chi connectivity index (χ2n) is 7.71. The molecular formula is C24H20ClN5O3S2. The van der Waals surface area contributed by atoms with E-state index in [9.17, 15) is 15.3 Å². The van der Waals surface area contributed by atoms with Gasteiger partial charge in [-0.05, 0) is 31.4 Å². The maximum atomic E-state index is 11.1. The molecule has 0 radical (unpaired) electrons. The fourth-order valence-electron chi connectivity index (χ4n) is 3.75. The van der Waals surface area contributed by atoms with Crippen molar-refractivity contribution in [3.8, 4) is 28.6 Å². The molecule has 1 fully saturated rings. The number of pyridine rings is 1. The molecule has 8 nitrogen and oxygen atoms in total. The maximum absolute atomic E-state index is 11.1. The smallest absolute Gasteiger partial charge is 0.341 e. The third kappa shape index (κ3) is 5.85. The predicted molar refractivity (Wildman–Crippen MR) is 135 cm³/mol. The van der Waals surface area contributed by atoms with Crippen LogP contribution in [0.2, 0.25) is 5.02 Å². The Kier molecular flexibility index (Phi) is 8.09. The molecule has 4 rings (SSSR count). The van der Waals surface area contributed by atoms with Crippen LogP contribution in [0, 0.1) is 22.7 Å². The first kappa shape index (κ1) is 24.8. The summed E-state index contributed by atoms with van der Waals surface area (Å²) in [5.74, 6) is -0.807. The Morgan fingerprint density at radius 3 is 2.51 bits per heavy atom. The summed E-state index contributed by atoms with van der Waals surface area (Å²) in [5, 5.41) is 32.8. The van der Waals surface area contributed by atoms with Crippen LogP contribution in [-0.4, -0.2) is 40.7 Å². The number of carboxylic acids is 1. The number of thiazole rings is 1. The van der Waals surface area contributed by atoms with Crippen molar-refractivity contribution in [1.82, 2.24) is 9.97 Å². The highest BCUT2D eigenvalue weighted by atomic mass is 35.5. The zero-order chi connectivity index (χ0) is 24.8. The number of ether oxygens (including phenoxy) is 1. The number of carboxylic acid groups (broad SMARTS) is 1. The van der Waals surface area contributed by atoms with Gasteiger partial charge in [-0.3, -0.25) is 0 Å². The SMILES string of the molecule is N#Cc1c(OCC(=O)O)nc(SCc2csc(-c3ccc(Cl)cc3)n2)c(C#N)c1N1CCCCC1. The largest absolute Gasteiger partial charge is 0.479 e. The van der Waals surface area contributed by atoms with E-state index in [-0.39, 0.29) is 11.4 Å². The third-order valence-electron chi connectivity index (χ3n) is 5.33. The monoisotopic (exact) mass is 525 g/mol. The van der Waals surface area contributed by atoms with E-state index in [4.69, 9.17) is 21.4 Å². The van der Waals surface area contributed by atoms with Gasteiger partial charge in [-0.2, -0.15) is 10.5 Å². The molecule has 1 aliphatic heterocycles. The second kappa shape index (κ2) is 11.4. The molecule has 0 atom stereocenters. The molecule has 178 valence electrons. The van der Waals surface area contributed by atoms with Crippen molar-refractivity contribution in [2.24, 2.45) is 0 Å². The molecular weight excluding hydrogens is 506 g/mol. The van der Waals surface area contributed by atoms with E-state index < -0.39 is 12.6 Å². The Balaban J connectivity index is 1.66. The van der Waals surface area contributed by atoms with Gasteiger partial charge in [0.05, 0.1) is 11.4 Å². The van der Waals surface area contributed by atoms with E-state index in [1.165, 1.54) is 23.1 Å². The number of anilines is 1. The van der Waals surface area contributed by atoms with Crippen LogP contribution in [-0.2, 0) is 10.5 Å². The van der Waals surface area contributed by atoms with E-state index in [0.29, 0.717) is 40.1 Å². The number of aromatic nitrogens is 2. The second-order valence-corrected chi connectivity index (χ2v) is 9.97. The molecule has 35 heavy (non-hydrogen) atoms. The summed E-state index contributed by atoms with van der Waals surface area (Å²) in [6, 6.07) is 11.7. The number of aliphatic carboxylic acids is 1. The van der Waals surface area contributed by atoms with Crippen LogP contribution in [0.5, 0.6) is 5.88 Å². The van der Waals surface area contributed by atoms with Crippen molar-refractivity contribution >= 4 is 46.4 Å². The topological polar surface area (TPSA) is 123 Å². The van der Waals surface area contributed by atoms with E-state index in [0.717, 1.165) is 35.5 Å². The number of carbonyl (C=O) groups is 1. The Bertz CT molecular complexity index is 1310. The standard InChI is InChI=1S/C24H20ClN5O3S2/c25-16-6-4-15(5-7-16)23-28-17(13-34-23)14-35-24-19(11-27)21(30-8-2-1-3-9-30)18(10-26)22(29-24)33-12-20(31)32/h4-7,13H,1-3,8-9,12,14H2,(H,31,32). The lowest BCUT2D eigenvalue weighted by Crippen LogP contribution is -2.31. The lowest BCUT2D eigenvalue weighted by molar-refractivity contribution is -0.139. The molecule has 3 heterocycles. The molecule has 1 saturated heterocycles. The number of nitrogens with zero attached hydrogens (tertiary/aromatic N) is 5. The fraction of sp³-hybridized carbons (Fsp3) is 0.292. The van der Waals surface area contributed by atoms with Crippen LogP contribution in [0.25, 0.3) is 10.6 Å². The molecule has 1 N–H and O–H groups in total. The van der Waals surface area contributed by atoms with Crippen molar-refractivity contribution < 1.29 is 14.6 Å². The molecule has 0 amide bonds. The number of benzene rings is 1. The lowest BCUT2D eigenvalue weighted by Gasteiger charge is -2.31. The van der Waals surface area contributed by atoms with Crippen molar-refractivity contribution in [3.05, 3.63) is 51.5 Å². The number of nitriles is 2. The molecule has 1 aliphatic rings. The minimum atomic E-state index is -1.18. The Hall–Kier alpha value is -3.31. The molecule has 0 bridgehead atoms. The van der Waals surface area contributed by atoms with E-state index in [1.54, 1.807) is 0 Å². The maximum Gasteiger partial charge on any atom is 0.341 e. The van der Waals surface area contributed by atoms with Gasteiger partial charge in [0, 0.05) is 34.8 Å². The predicted octanol–water partition coefficient (Wildman–Crippen LogP) is 5.35. The summed E-state index contributed by atoms with van der Waals surface area (Å²) in [6.07, 6.45) is 2.96. The quantitative estimate of drug-likeness (QED) is 0.387. The van der Waals surface area contributed by atoms with E-state index >= 15 is 0 Å². The van der Waals surface area contributed by atoms with E-state index in [1.807, 2.05) is 34.5 Å². The number of rotatable bonds is 8. The summed E-state index contributed by atoms with van der Waals surface area (Å²) in [6.45, 7) is 0.770. The summed E-state index contributed by atoms with van der Waals surface area (Å²) in [5.41, 5.74) is 2.62. The fourth-order valence-corrected chi connectivity index (χ4v) is 5.67. The van der Waals surface area contributed by atoms with Gasteiger partial charge in [0.2, 0.25) is 5.88 Å². The van der Waals surface area contributed by atoms with Gasteiger partial charge >= 0.3 is 5.97 Å². The van der Waals surface area contributed by atoms with Gasteiger partial charge in [0.25, 0.3) is 0 Å². The average Bonchev–Trinajstić information content (AvgIpc) is 3.35. The van der Waals surface area contributed by atoms with Crippen LogP contribution < -0.4 is 9.64 Å². The van der Waals surface area contributed by atoms with Crippen molar-refractivity contribution in [3.63, 3.8) is 0 Å². The van der Waals surface area contributed by atoms with Crippen molar-refractivity contribution in [1.29, 1.82) is 10.5 Å². The molecule has 1 aromatic carbocycles. The van der Waals surface area contributed by atoms with Gasteiger partial charge in [-0.1, -0.05) is 35.5 Å². The highest BCUT2D eigenvalue weighted by Gasteiger charge is 2.27. The summed E-state index contributed by atoms with van der Waals surface area (Å²) in [7, 11) is 0. The zero-order valence-electron chi connectivity index (χ0n) is 18.5. The molecule has 0 unspecified atom stereocenters. The highest BCUT2D eigenvalue weighted by molar-refractivity contribution is 7.98. The molecule has 2 aromatic heterocycles. The third-order valence-corrected chi connectivity index (χ3v) is 7.53. The van der Waals surface area contributed by atoms with Crippen LogP contribution in [0.15, 0.2) is 34.7 Å². The normalized spacial score (nSPS) is 13.2. The summed E-state index contributed by atoms with van der Waals surface area (Å²) >= 11 is 8.79. The van der Waals surface area contributed by atoms with Crippen LogP contribution >= 0.6 is 34.7 Å². The highest BCUT2D eigenvalue weighted by Crippen LogP contribution is 2.39. The first-order valence-corrected chi connectivity index (χ1v) is 13.1. The first-order chi connectivity index (χ1) is 17.0. The molecule has 0 aliphatic carbocycles. The van der Waals surface area contributed by atoms with Gasteiger partial charge in [0.1, 0.15) is 33.3 Å². The van der Waals surface area contributed by atoms with Gasteiger partial charge < -0.3 is 14.7 Å². The van der Waals surface area contributed by atoms with Gasteiger partial charge in [-0.15, -0.1) is 11.3 Å². The number of hydrogen-bond acceptors (Lipinski definition) is 9. The van der Waals surface area contributed by atoms with Crippen LogP contribution in [0.4, 0.5) is 5.69 Å². The van der Waals surface area contributed by atoms with Gasteiger partial charge in [0.15, 0.2) is 6.61 Å². The average molecular weight is 526 g/mol. The number of thioether (sulfide) groups is 1. The number of piperidine rings is 1. The van der Waals surface area contributed by atoms with Crippen molar-refractivity contribution in [2.75, 3.05) is 24.6 Å². The number of halogens is 1. The lowest BCUT2D eigenvalue weighted by atomic mass is 10.1. The van der Waals surface area contributed by atoms with Crippen molar-refractivity contribution in [2.45, 2.75) is 30.0 Å². The molecule has 0 saturated carbocycles. The Morgan fingerprint density at radius 1 is 1.14 bits per heavy atom. The summed E-state index contributed by atoms with van der Waals surface area (Å²) < 4.78 is 5.38. The van der Waals surface area contributed by atoms with Gasteiger partial charge in [-0.25, -0.2) is 14.8 Å². The molecule has 11 heteroatoms.